The van der Waals surface area contributed by atoms with Crippen LogP contribution in [0.1, 0.15) is 32.3 Å². The van der Waals surface area contributed by atoms with Crippen molar-refractivity contribution in [1.82, 2.24) is 10.2 Å². The minimum absolute atomic E-state index is 0.368. The van der Waals surface area contributed by atoms with E-state index in [1.807, 2.05) is 0 Å². The molecule has 1 aliphatic heterocycles. The predicted octanol–water partition coefficient (Wildman–Crippen LogP) is 2.69. The van der Waals surface area contributed by atoms with Crippen LogP contribution >= 0.6 is 0 Å². The Kier molecular flexibility index (Phi) is 4.41. The summed E-state index contributed by atoms with van der Waals surface area (Å²) in [6, 6.07) is 11.4. The number of nitrogens with one attached hydrogen (secondary N) is 1. The van der Waals surface area contributed by atoms with Crippen molar-refractivity contribution in [1.29, 1.82) is 0 Å². The molecule has 2 nitrogen and oxygen atoms in total. The van der Waals surface area contributed by atoms with E-state index >= 15 is 0 Å². The van der Waals surface area contributed by atoms with Gasteiger partial charge < -0.3 is 5.32 Å². The van der Waals surface area contributed by atoms with E-state index < -0.39 is 0 Å². The van der Waals surface area contributed by atoms with Gasteiger partial charge in [-0.3, -0.25) is 4.90 Å². The maximum atomic E-state index is 3.75. The van der Waals surface area contributed by atoms with Crippen molar-refractivity contribution in [2.24, 2.45) is 0 Å². The summed E-state index contributed by atoms with van der Waals surface area (Å²) < 4.78 is 0. The van der Waals surface area contributed by atoms with E-state index in [9.17, 15) is 0 Å². The van der Waals surface area contributed by atoms with Crippen LogP contribution in [0.4, 0.5) is 0 Å². The lowest BCUT2D eigenvalue weighted by Crippen LogP contribution is -2.63. The number of piperazine rings is 1. The summed E-state index contributed by atoms with van der Waals surface area (Å²) in [5.74, 6) is 0. The van der Waals surface area contributed by atoms with Crippen molar-refractivity contribution in [2.45, 2.75) is 44.7 Å². The van der Waals surface area contributed by atoms with E-state index in [0.29, 0.717) is 11.6 Å². The monoisotopic (exact) mass is 246 g/mol. The molecule has 2 heteroatoms. The van der Waals surface area contributed by atoms with E-state index in [1.165, 1.54) is 18.4 Å². The standard InChI is InChI=1S/C16H26N2/c1-4-16(5-2)13-17-15(12-18(16)3)11-14-9-7-6-8-10-14/h6-10,15,17H,4-5,11-13H2,1-3H3. The molecular weight excluding hydrogens is 220 g/mol. The molecule has 100 valence electrons. The third kappa shape index (κ3) is 2.76. The first-order valence-corrected chi connectivity index (χ1v) is 7.18. The molecule has 0 aliphatic carbocycles. The molecule has 1 saturated heterocycles. The zero-order valence-electron chi connectivity index (χ0n) is 11.9. The molecule has 0 aromatic heterocycles. The highest BCUT2D eigenvalue weighted by Gasteiger charge is 2.36. The van der Waals surface area contributed by atoms with Gasteiger partial charge in [-0.25, -0.2) is 0 Å². The van der Waals surface area contributed by atoms with Gasteiger partial charge in [-0.15, -0.1) is 0 Å². The molecule has 1 heterocycles. The van der Waals surface area contributed by atoms with E-state index in [2.05, 4.69) is 61.4 Å². The van der Waals surface area contributed by atoms with Crippen LogP contribution in [-0.4, -0.2) is 36.6 Å². The molecule has 0 amide bonds. The largest absolute Gasteiger partial charge is 0.311 e. The van der Waals surface area contributed by atoms with Crippen LogP contribution in [0.2, 0.25) is 0 Å². The Bertz CT molecular complexity index is 357. The fourth-order valence-electron chi connectivity index (χ4n) is 3.13. The van der Waals surface area contributed by atoms with Gasteiger partial charge in [-0.05, 0) is 31.9 Å². The summed E-state index contributed by atoms with van der Waals surface area (Å²) in [6.45, 7) is 6.88. The van der Waals surface area contributed by atoms with Gasteiger partial charge in [-0.1, -0.05) is 44.2 Å². The molecular formula is C16H26N2. The minimum atomic E-state index is 0.368. The van der Waals surface area contributed by atoms with Gasteiger partial charge in [0.05, 0.1) is 0 Å². The fourth-order valence-corrected chi connectivity index (χ4v) is 3.13. The second kappa shape index (κ2) is 5.85. The van der Waals surface area contributed by atoms with Crippen LogP contribution < -0.4 is 5.32 Å². The molecule has 1 aromatic carbocycles. The first-order chi connectivity index (χ1) is 8.70. The van der Waals surface area contributed by atoms with Gasteiger partial charge in [0.25, 0.3) is 0 Å². The first-order valence-electron chi connectivity index (χ1n) is 7.18. The lowest BCUT2D eigenvalue weighted by Gasteiger charge is -2.48. The average molecular weight is 246 g/mol. The van der Waals surface area contributed by atoms with E-state index in [1.54, 1.807) is 0 Å². The maximum Gasteiger partial charge on any atom is 0.0326 e. The van der Waals surface area contributed by atoms with E-state index in [0.717, 1.165) is 19.5 Å². The molecule has 0 radical (unpaired) electrons. The molecule has 1 N–H and O–H groups in total. The Morgan fingerprint density at radius 1 is 1.22 bits per heavy atom. The molecule has 0 bridgehead atoms. The van der Waals surface area contributed by atoms with Crippen LogP contribution in [0.3, 0.4) is 0 Å². The Labute approximate surface area is 111 Å². The zero-order valence-corrected chi connectivity index (χ0v) is 11.9. The fraction of sp³-hybridized carbons (Fsp3) is 0.625. The SMILES string of the molecule is CCC1(CC)CNC(Cc2ccccc2)CN1C. The highest BCUT2D eigenvalue weighted by Crippen LogP contribution is 2.25. The van der Waals surface area contributed by atoms with Crippen molar-refractivity contribution in [3.8, 4) is 0 Å². The highest BCUT2D eigenvalue weighted by molar-refractivity contribution is 5.16. The number of rotatable bonds is 4. The van der Waals surface area contributed by atoms with Crippen molar-refractivity contribution in [2.75, 3.05) is 20.1 Å². The number of hydrogen-bond acceptors (Lipinski definition) is 2. The molecule has 1 aliphatic rings. The third-order valence-corrected chi connectivity index (χ3v) is 4.66. The number of benzene rings is 1. The quantitative estimate of drug-likeness (QED) is 0.878. The van der Waals surface area contributed by atoms with Gasteiger partial charge in [0.15, 0.2) is 0 Å². The second-order valence-electron chi connectivity index (χ2n) is 5.58. The summed E-state index contributed by atoms with van der Waals surface area (Å²) in [5, 5.41) is 3.75. The number of nitrogens with zero attached hydrogens (tertiary/aromatic N) is 1. The second-order valence-corrected chi connectivity index (χ2v) is 5.58. The van der Waals surface area contributed by atoms with Crippen molar-refractivity contribution in [3.63, 3.8) is 0 Å². The van der Waals surface area contributed by atoms with Crippen molar-refractivity contribution >= 4 is 0 Å². The summed E-state index contributed by atoms with van der Waals surface area (Å²) >= 11 is 0. The van der Waals surface area contributed by atoms with Crippen LogP contribution in [-0.2, 0) is 6.42 Å². The Hall–Kier alpha value is -0.860. The van der Waals surface area contributed by atoms with Gasteiger partial charge in [0.2, 0.25) is 0 Å². The number of hydrogen-bond donors (Lipinski definition) is 1. The molecule has 1 aromatic rings. The normalized spacial score (nSPS) is 24.1. The van der Waals surface area contributed by atoms with Crippen LogP contribution in [0.5, 0.6) is 0 Å². The van der Waals surface area contributed by atoms with Crippen molar-refractivity contribution < 1.29 is 0 Å². The molecule has 0 spiro atoms. The van der Waals surface area contributed by atoms with Crippen molar-refractivity contribution in [3.05, 3.63) is 35.9 Å². The molecule has 1 unspecified atom stereocenters. The van der Waals surface area contributed by atoms with Gasteiger partial charge in [0.1, 0.15) is 0 Å². The van der Waals surface area contributed by atoms with Crippen LogP contribution in [0.15, 0.2) is 30.3 Å². The van der Waals surface area contributed by atoms with Crippen LogP contribution in [0, 0.1) is 0 Å². The summed E-state index contributed by atoms with van der Waals surface area (Å²) in [4.78, 5) is 2.57. The lowest BCUT2D eigenvalue weighted by molar-refractivity contribution is 0.0565. The van der Waals surface area contributed by atoms with Gasteiger partial charge in [0, 0.05) is 24.7 Å². The summed E-state index contributed by atoms with van der Waals surface area (Å²) in [5.41, 5.74) is 1.80. The minimum Gasteiger partial charge on any atom is -0.311 e. The molecule has 1 atom stereocenters. The Morgan fingerprint density at radius 3 is 2.44 bits per heavy atom. The first kappa shape index (κ1) is 13.6. The van der Waals surface area contributed by atoms with E-state index in [4.69, 9.17) is 0 Å². The van der Waals surface area contributed by atoms with Gasteiger partial charge >= 0.3 is 0 Å². The number of likely N-dealkylation sites (N-methyl/N-ethyl adjacent to an activating group) is 1. The predicted molar refractivity (Wildman–Crippen MR) is 77.9 cm³/mol. The molecule has 0 saturated carbocycles. The molecule has 1 fully saturated rings. The smallest absolute Gasteiger partial charge is 0.0326 e. The van der Waals surface area contributed by atoms with Gasteiger partial charge in [-0.2, -0.15) is 0 Å². The zero-order chi connectivity index (χ0) is 13.0. The highest BCUT2D eigenvalue weighted by atomic mass is 15.2. The molecule has 2 rings (SSSR count). The third-order valence-electron chi connectivity index (χ3n) is 4.66. The summed E-state index contributed by atoms with van der Waals surface area (Å²) in [6.07, 6.45) is 3.59. The Morgan fingerprint density at radius 2 is 1.89 bits per heavy atom. The summed E-state index contributed by atoms with van der Waals surface area (Å²) in [7, 11) is 2.28. The lowest BCUT2D eigenvalue weighted by atomic mass is 9.87. The Balaban J connectivity index is 1.96. The van der Waals surface area contributed by atoms with Crippen LogP contribution in [0.25, 0.3) is 0 Å². The van der Waals surface area contributed by atoms with E-state index in [-0.39, 0.29) is 0 Å². The topological polar surface area (TPSA) is 15.3 Å². The maximum absolute atomic E-state index is 3.75. The molecule has 18 heavy (non-hydrogen) atoms. The average Bonchev–Trinajstić information content (AvgIpc) is 2.41.